The Bertz CT molecular complexity index is 484. The summed E-state index contributed by atoms with van der Waals surface area (Å²) in [7, 11) is 0. The predicted octanol–water partition coefficient (Wildman–Crippen LogP) is 3.14. The van der Waals surface area contributed by atoms with Crippen molar-refractivity contribution in [2.24, 2.45) is 0 Å². The molecule has 0 spiro atoms. The molecule has 0 amide bonds. The van der Waals surface area contributed by atoms with Crippen LogP contribution in [0.25, 0.3) is 0 Å². The molecule has 1 atom stereocenters. The van der Waals surface area contributed by atoms with Crippen molar-refractivity contribution in [3.63, 3.8) is 0 Å². The van der Waals surface area contributed by atoms with Gasteiger partial charge in [-0.05, 0) is 29.7 Å². The van der Waals surface area contributed by atoms with E-state index in [9.17, 15) is 5.11 Å². The summed E-state index contributed by atoms with van der Waals surface area (Å²) in [5.74, 6) is 0. The standard InChI is InChI=1S/C16H18BrNO/c17-15-8-6-14(7-9-15)11-18-16(12-19)10-13-4-2-1-3-5-13/h1-9,16,18-19H,10-12H2/t16-/m0/s1. The average molecular weight is 320 g/mol. The summed E-state index contributed by atoms with van der Waals surface area (Å²) in [6.07, 6.45) is 0.841. The number of halogens is 1. The van der Waals surface area contributed by atoms with Crippen molar-refractivity contribution in [3.8, 4) is 0 Å². The van der Waals surface area contributed by atoms with Gasteiger partial charge in [-0.2, -0.15) is 0 Å². The highest BCUT2D eigenvalue weighted by molar-refractivity contribution is 9.10. The highest BCUT2D eigenvalue weighted by atomic mass is 79.9. The lowest BCUT2D eigenvalue weighted by Crippen LogP contribution is -2.34. The molecule has 0 radical (unpaired) electrons. The zero-order chi connectivity index (χ0) is 13.5. The maximum atomic E-state index is 9.44. The van der Waals surface area contributed by atoms with Gasteiger partial charge in [0.2, 0.25) is 0 Å². The van der Waals surface area contributed by atoms with Crippen LogP contribution < -0.4 is 5.32 Å². The second kappa shape index (κ2) is 7.43. The summed E-state index contributed by atoms with van der Waals surface area (Å²) in [5, 5.41) is 12.8. The van der Waals surface area contributed by atoms with Gasteiger partial charge in [0.05, 0.1) is 6.61 Å². The van der Waals surface area contributed by atoms with E-state index in [1.807, 2.05) is 30.3 Å². The van der Waals surface area contributed by atoms with Crippen LogP contribution in [0.15, 0.2) is 59.1 Å². The highest BCUT2D eigenvalue weighted by Crippen LogP contribution is 2.11. The van der Waals surface area contributed by atoms with E-state index >= 15 is 0 Å². The zero-order valence-corrected chi connectivity index (χ0v) is 12.3. The Kier molecular flexibility index (Phi) is 5.58. The minimum absolute atomic E-state index is 0.0889. The predicted molar refractivity (Wildman–Crippen MR) is 82.0 cm³/mol. The first-order chi connectivity index (χ1) is 9.28. The van der Waals surface area contributed by atoms with E-state index in [0.717, 1.165) is 17.4 Å². The van der Waals surface area contributed by atoms with Gasteiger partial charge in [-0.25, -0.2) is 0 Å². The second-order valence-electron chi connectivity index (χ2n) is 4.58. The van der Waals surface area contributed by atoms with Gasteiger partial charge in [0.25, 0.3) is 0 Å². The summed E-state index contributed by atoms with van der Waals surface area (Å²) < 4.78 is 1.08. The SMILES string of the molecule is OC[C@H](Cc1ccccc1)NCc1ccc(Br)cc1. The second-order valence-corrected chi connectivity index (χ2v) is 5.49. The van der Waals surface area contributed by atoms with Gasteiger partial charge in [-0.1, -0.05) is 58.4 Å². The Morgan fingerprint density at radius 3 is 2.26 bits per heavy atom. The maximum Gasteiger partial charge on any atom is 0.0587 e. The fourth-order valence-electron chi connectivity index (χ4n) is 1.96. The summed E-state index contributed by atoms with van der Waals surface area (Å²) >= 11 is 3.42. The van der Waals surface area contributed by atoms with Gasteiger partial charge in [0.15, 0.2) is 0 Å². The Hall–Kier alpha value is -1.16. The van der Waals surface area contributed by atoms with E-state index in [-0.39, 0.29) is 12.6 Å². The third-order valence-electron chi connectivity index (χ3n) is 3.05. The number of nitrogens with one attached hydrogen (secondary N) is 1. The molecule has 3 heteroatoms. The van der Waals surface area contributed by atoms with Crippen LogP contribution >= 0.6 is 15.9 Å². The normalized spacial score (nSPS) is 12.3. The maximum absolute atomic E-state index is 9.44. The summed E-state index contributed by atoms with van der Waals surface area (Å²) in [4.78, 5) is 0. The van der Waals surface area contributed by atoms with Gasteiger partial charge >= 0.3 is 0 Å². The lowest BCUT2D eigenvalue weighted by molar-refractivity contribution is 0.241. The van der Waals surface area contributed by atoms with E-state index in [4.69, 9.17) is 0 Å². The van der Waals surface area contributed by atoms with Gasteiger partial charge in [0, 0.05) is 17.1 Å². The molecule has 2 aromatic rings. The summed E-state index contributed by atoms with van der Waals surface area (Å²) in [6.45, 7) is 0.913. The molecule has 2 aromatic carbocycles. The molecule has 0 bridgehead atoms. The van der Waals surface area contributed by atoms with E-state index in [2.05, 4.69) is 45.5 Å². The molecule has 0 fully saturated rings. The molecule has 100 valence electrons. The van der Waals surface area contributed by atoms with Crippen LogP contribution in [-0.4, -0.2) is 17.8 Å². The molecular formula is C16H18BrNO. The summed E-state index contributed by atoms with van der Waals surface area (Å²) in [6, 6.07) is 18.5. The zero-order valence-electron chi connectivity index (χ0n) is 10.7. The van der Waals surface area contributed by atoms with E-state index in [1.165, 1.54) is 11.1 Å². The molecule has 19 heavy (non-hydrogen) atoms. The van der Waals surface area contributed by atoms with Gasteiger partial charge in [-0.3, -0.25) is 0 Å². The van der Waals surface area contributed by atoms with Crippen molar-refractivity contribution >= 4 is 15.9 Å². The Morgan fingerprint density at radius 1 is 0.947 bits per heavy atom. The first kappa shape index (κ1) is 14.3. The Morgan fingerprint density at radius 2 is 1.63 bits per heavy atom. The minimum atomic E-state index is 0.0889. The van der Waals surface area contributed by atoms with Crippen molar-refractivity contribution in [3.05, 3.63) is 70.2 Å². The van der Waals surface area contributed by atoms with E-state index in [0.29, 0.717) is 0 Å². The van der Waals surface area contributed by atoms with Crippen molar-refractivity contribution in [1.29, 1.82) is 0 Å². The van der Waals surface area contributed by atoms with Crippen LogP contribution in [0, 0.1) is 0 Å². The van der Waals surface area contributed by atoms with Crippen LogP contribution in [0.4, 0.5) is 0 Å². The smallest absolute Gasteiger partial charge is 0.0587 e. The molecule has 2 rings (SSSR count). The third-order valence-corrected chi connectivity index (χ3v) is 3.58. The molecule has 0 aliphatic rings. The van der Waals surface area contributed by atoms with E-state index < -0.39 is 0 Å². The minimum Gasteiger partial charge on any atom is -0.395 e. The monoisotopic (exact) mass is 319 g/mol. The van der Waals surface area contributed by atoms with Gasteiger partial charge in [0.1, 0.15) is 0 Å². The molecule has 0 saturated heterocycles. The lowest BCUT2D eigenvalue weighted by atomic mass is 10.1. The number of aliphatic hydroxyl groups excluding tert-OH is 1. The quantitative estimate of drug-likeness (QED) is 0.857. The number of hydrogen-bond acceptors (Lipinski definition) is 2. The molecule has 2 nitrogen and oxygen atoms in total. The van der Waals surface area contributed by atoms with Crippen molar-refractivity contribution < 1.29 is 5.11 Å². The lowest BCUT2D eigenvalue weighted by Gasteiger charge is -2.16. The first-order valence-electron chi connectivity index (χ1n) is 6.40. The molecule has 0 heterocycles. The fourth-order valence-corrected chi connectivity index (χ4v) is 2.23. The number of benzene rings is 2. The molecule has 0 unspecified atom stereocenters. The van der Waals surface area contributed by atoms with Gasteiger partial charge in [-0.15, -0.1) is 0 Å². The third kappa shape index (κ3) is 4.78. The first-order valence-corrected chi connectivity index (χ1v) is 7.20. The Labute approximate surface area is 122 Å². The van der Waals surface area contributed by atoms with Crippen molar-refractivity contribution in [2.75, 3.05) is 6.61 Å². The number of rotatable bonds is 6. The fraction of sp³-hybridized carbons (Fsp3) is 0.250. The number of aliphatic hydroxyl groups is 1. The van der Waals surface area contributed by atoms with Gasteiger partial charge < -0.3 is 10.4 Å². The Balaban J connectivity index is 1.87. The molecule has 2 N–H and O–H groups in total. The average Bonchev–Trinajstić information content (AvgIpc) is 2.46. The number of hydrogen-bond donors (Lipinski definition) is 2. The highest BCUT2D eigenvalue weighted by Gasteiger charge is 2.07. The van der Waals surface area contributed by atoms with Crippen LogP contribution in [0.3, 0.4) is 0 Å². The molecule has 0 aliphatic heterocycles. The van der Waals surface area contributed by atoms with Crippen LogP contribution in [0.2, 0.25) is 0 Å². The van der Waals surface area contributed by atoms with E-state index in [1.54, 1.807) is 0 Å². The topological polar surface area (TPSA) is 32.3 Å². The van der Waals surface area contributed by atoms with Crippen molar-refractivity contribution in [1.82, 2.24) is 5.32 Å². The molecule has 0 saturated carbocycles. The van der Waals surface area contributed by atoms with Crippen LogP contribution in [0.5, 0.6) is 0 Å². The molecular weight excluding hydrogens is 302 g/mol. The van der Waals surface area contributed by atoms with Crippen molar-refractivity contribution in [2.45, 2.75) is 19.0 Å². The largest absolute Gasteiger partial charge is 0.395 e. The van der Waals surface area contributed by atoms with Crippen LogP contribution in [0.1, 0.15) is 11.1 Å². The summed E-state index contributed by atoms with van der Waals surface area (Å²) in [5.41, 5.74) is 2.46. The molecule has 0 aliphatic carbocycles. The molecule has 0 aromatic heterocycles. The van der Waals surface area contributed by atoms with Crippen LogP contribution in [-0.2, 0) is 13.0 Å².